The average molecular weight is 270 g/mol. The van der Waals surface area contributed by atoms with E-state index >= 15 is 0 Å². The Labute approximate surface area is 108 Å². The second-order valence-corrected chi connectivity index (χ2v) is 4.21. The van der Waals surface area contributed by atoms with Crippen molar-refractivity contribution in [3.63, 3.8) is 0 Å². The summed E-state index contributed by atoms with van der Waals surface area (Å²) in [6.07, 6.45) is 0. The van der Waals surface area contributed by atoms with Crippen LogP contribution in [0.5, 0.6) is 0 Å². The molecule has 0 aliphatic rings. The van der Waals surface area contributed by atoms with Crippen LogP contribution in [-0.4, -0.2) is 23.2 Å². The number of nitrogens with zero attached hydrogens (tertiary/aromatic N) is 1. The van der Waals surface area contributed by atoms with E-state index < -0.39 is 0 Å². The molecule has 2 aromatic rings. The van der Waals surface area contributed by atoms with Gasteiger partial charge in [-0.3, -0.25) is 9.89 Å². The van der Waals surface area contributed by atoms with E-state index in [1.165, 1.54) is 0 Å². The van der Waals surface area contributed by atoms with E-state index in [-0.39, 0.29) is 5.91 Å². The first-order valence-corrected chi connectivity index (χ1v) is 5.60. The van der Waals surface area contributed by atoms with E-state index in [1.54, 1.807) is 31.3 Å². The molecule has 0 atom stereocenters. The fourth-order valence-electron chi connectivity index (χ4n) is 1.41. The molecule has 2 N–H and O–H groups in total. The zero-order valence-corrected chi connectivity index (χ0v) is 10.4. The molecular weight excluding hydrogens is 261 g/mol. The van der Waals surface area contributed by atoms with Crippen LogP contribution < -0.4 is 5.32 Å². The van der Waals surface area contributed by atoms with Crippen LogP contribution in [-0.2, 0) is 0 Å². The molecule has 0 radical (unpaired) electrons. The Morgan fingerprint density at radius 2 is 2.12 bits per heavy atom. The molecule has 0 spiro atoms. The normalized spacial score (nSPS) is 10.3. The number of aromatic nitrogens is 2. The zero-order valence-electron chi connectivity index (χ0n) is 8.92. The largest absolute Gasteiger partial charge is 0.354 e. The molecule has 1 amide bonds. The van der Waals surface area contributed by atoms with Gasteiger partial charge in [-0.25, -0.2) is 0 Å². The highest BCUT2D eigenvalue weighted by Crippen LogP contribution is 2.29. The monoisotopic (exact) mass is 269 g/mol. The van der Waals surface area contributed by atoms with Crippen molar-refractivity contribution in [2.75, 3.05) is 7.05 Å². The van der Waals surface area contributed by atoms with Crippen molar-refractivity contribution in [3.05, 3.63) is 40.0 Å². The number of aromatic amines is 1. The van der Waals surface area contributed by atoms with Gasteiger partial charge in [0.2, 0.25) is 0 Å². The van der Waals surface area contributed by atoms with E-state index in [0.717, 1.165) is 5.56 Å². The van der Waals surface area contributed by atoms with E-state index in [4.69, 9.17) is 23.2 Å². The average Bonchev–Trinajstić information content (AvgIpc) is 2.77. The molecule has 1 aromatic heterocycles. The number of carbonyl (C=O) groups is 1. The summed E-state index contributed by atoms with van der Waals surface area (Å²) in [7, 11) is 1.55. The summed E-state index contributed by atoms with van der Waals surface area (Å²) in [4.78, 5) is 11.4. The molecular formula is C11H9Cl2N3O. The summed E-state index contributed by atoms with van der Waals surface area (Å²) in [6, 6.07) is 6.74. The first-order chi connectivity index (χ1) is 8.11. The van der Waals surface area contributed by atoms with E-state index in [1.807, 2.05) is 0 Å². The van der Waals surface area contributed by atoms with Gasteiger partial charge in [-0.2, -0.15) is 5.10 Å². The first-order valence-electron chi connectivity index (χ1n) is 4.84. The van der Waals surface area contributed by atoms with Gasteiger partial charge >= 0.3 is 0 Å². The predicted octanol–water partition coefficient (Wildman–Crippen LogP) is 2.74. The minimum absolute atomic E-state index is 0.228. The van der Waals surface area contributed by atoms with E-state index in [0.29, 0.717) is 21.4 Å². The minimum atomic E-state index is -0.228. The lowest BCUT2D eigenvalue weighted by Gasteiger charge is -2.00. The van der Waals surface area contributed by atoms with Gasteiger partial charge in [0.15, 0.2) is 0 Å². The van der Waals surface area contributed by atoms with Gasteiger partial charge in [-0.15, -0.1) is 0 Å². The quantitative estimate of drug-likeness (QED) is 0.881. The maximum Gasteiger partial charge on any atom is 0.269 e. The summed E-state index contributed by atoms with van der Waals surface area (Å²) in [5, 5.41) is 10.2. The molecule has 6 heteroatoms. The first kappa shape index (κ1) is 12.0. The molecule has 1 heterocycles. The Hall–Kier alpha value is -1.52. The second kappa shape index (κ2) is 4.77. The van der Waals surface area contributed by atoms with Gasteiger partial charge in [0.25, 0.3) is 5.91 Å². The van der Waals surface area contributed by atoms with Crippen molar-refractivity contribution in [1.82, 2.24) is 15.5 Å². The topological polar surface area (TPSA) is 57.8 Å². The molecule has 0 saturated heterocycles. The van der Waals surface area contributed by atoms with Gasteiger partial charge in [0.1, 0.15) is 5.69 Å². The fourth-order valence-corrected chi connectivity index (χ4v) is 1.91. The summed E-state index contributed by atoms with van der Waals surface area (Å²) in [6.45, 7) is 0. The molecule has 0 saturated carbocycles. The fraction of sp³-hybridized carbons (Fsp3) is 0.0909. The molecule has 17 heavy (non-hydrogen) atoms. The molecule has 0 aliphatic heterocycles. The highest BCUT2D eigenvalue weighted by Gasteiger charge is 2.11. The minimum Gasteiger partial charge on any atom is -0.354 e. The van der Waals surface area contributed by atoms with Crippen LogP contribution in [0.4, 0.5) is 0 Å². The van der Waals surface area contributed by atoms with Gasteiger partial charge in [-0.05, 0) is 24.3 Å². The Balaban J connectivity index is 2.40. The number of carbonyl (C=O) groups excluding carboxylic acids is 1. The van der Waals surface area contributed by atoms with Crippen LogP contribution in [0, 0.1) is 0 Å². The van der Waals surface area contributed by atoms with Gasteiger partial charge in [0.05, 0.1) is 10.7 Å². The van der Waals surface area contributed by atoms with Crippen molar-refractivity contribution < 1.29 is 4.79 Å². The third-order valence-corrected chi connectivity index (χ3v) is 2.80. The molecule has 1 aromatic carbocycles. The zero-order chi connectivity index (χ0) is 12.4. The molecule has 0 aliphatic carbocycles. The van der Waals surface area contributed by atoms with Crippen molar-refractivity contribution in [1.29, 1.82) is 0 Å². The molecule has 0 bridgehead atoms. The molecule has 0 unspecified atom stereocenters. The van der Waals surface area contributed by atoms with Gasteiger partial charge in [-0.1, -0.05) is 23.2 Å². The lowest BCUT2D eigenvalue weighted by atomic mass is 10.1. The van der Waals surface area contributed by atoms with Crippen molar-refractivity contribution >= 4 is 29.1 Å². The molecule has 0 fully saturated rings. The number of H-pyrrole nitrogens is 1. The molecule has 2 rings (SSSR count). The summed E-state index contributed by atoms with van der Waals surface area (Å²) >= 11 is 11.9. The Morgan fingerprint density at radius 3 is 2.76 bits per heavy atom. The summed E-state index contributed by atoms with van der Waals surface area (Å²) in [5.41, 5.74) is 1.71. The van der Waals surface area contributed by atoms with Gasteiger partial charge in [0, 0.05) is 17.6 Å². The van der Waals surface area contributed by atoms with E-state index in [2.05, 4.69) is 15.5 Å². The number of hydrogen-bond acceptors (Lipinski definition) is 2. The number of nitrogens with one attached hydrogen (secondary N) is 2. The summed E-state index contributed by atoms with van der Waals surface area (Å²) < 4.78 is 0. The third-order valence-electron chi connectivity index (χ3n) is 2.26. The Kier molecular flexibility index (Phi) is 3.36. The van der Waals surface area contributed by atoms with Crippen LogP contribution >= 0.6 is 23.2 Å². The van der Waals surface area contributed by atoms with Crippen LogP contribution in [0.2, 0.25) is 10.0 Å². The highest BCUT2D eigenvalue weighted by molar-refractivity contribution is 6.36. The maximum atomic E-state index is 11.4. The second-order valence-electron chi connectivity index (χ2n) is 3.37. The molecule has 4 nitrogen and oxygen atoms in total. The third kappa shape index (κ3) is 2.43. The van der Waals surface area contributed by atoms with Crippen molar-refractivity contribution in [2.45, 2.75) is 0 Å². The number of hydrogen-bond donors (Lipinski definition) is 2. The van der Waals surface area contributed by atoms with Gasteiger partial charge < -0.3 is 5.32 Å². The van der Waals surface area contributed by atoms with E-state index in [9.17, 15) is 4.79 Å². The van der Waals surface area contributed by atoms with Crippen LogP contribution in [0.25, 0.3) is 11.3 Å². The van der Waals surface area contributed by atoms with Crippen LogP contribution in [0.3, 0.4) is 0 Å². The number of rotatable bonds is 2. The predicted molar refractivity (Wildman–Crippen MR) is 67.4 cm³/mol. The Morgan fingerprint density at radius 1 is 1.35 bits per heavy atom. The lowest BCUT2D eigenvalue weighted by Crippen LogP contribution is -2.17. The van der Waals surface area contributed by atoms with Crippen LogP contribution in [0.1, 0.15) is 10.5 Å². The number of halogens is 2. The number of amides is 1. The lowest BCUT2D eigenvalue weighted by molar-refractivity contribution is 0.0958. The maximum absolute atomic E-state index is 11.4. The SMILES string of the molecule is CNC(=O)c1cc(-c2ccc(Cl)cc2Cl)n[nH]1. The molecule has 88 valence electrons. The standard InChI is InChI=1S/C11H9Cl2N3O/c1-14-11(17)10-5-9(15-16-10)7-3-2-6(12)4-8(7)13/h2-5H,1H3,(H,14,17)(H,15,16). The Bertz CT molecular complexity index is 566. The number of benzene rings is 1. The van der Waals surface area contributed by atoms with Crippen LogP contribution in [0.15, 0.2) is 24.3 Å². The van der Waals surface area contributed by atoms with Crippen molar-refractivity contribution in [2.24, 2.45) is 0 Å². The highest BCUT2D eigenvalue weighted by atomic mass is 35.5. The van der Waals surface area contributed by atoms with Crippen molar-refractivity contribution in [3.8, 4) is 11.3 Å². The smallest absolute Gasteiger partial charge is 0.269 e. The summed E-state index contributed by atoms with van der Waals surface area (Å²) in [5.74, 6) is -0.228.